The minimum Gasteiger partial charge on any atom is -0.465 e. The average molecular weight is 277 g/mol. The van der Waals surface area contributed by atoms with Gasteiger partial charge < -0.3 is 10.5 Å². The van der Waals surface area contributed by atoms with Gasteiger partial charge in [0.25, 0.3) is 0 Å². The quantitative estimate of drug-likeness (QED) is 0.771. The highest BCUT2D eigenvalue weighted by Crippen LogP contribution is 2.37. The van der Waals surface area contributed by atoms with Crippen LogP contribution >= 0.6 is 0 Å². The molecule has 2 atom stereocenters. The molecule has 1 aliphatic carbocycles. The van der Waals surface area contributed by atoms with Gasteiger partial charge in [0.2, 0.25) is 0 Å². The van der Waals surface area contributed by atoms with Gasteiger partial charge in [-0.3, -0.25) is 4.79 Å². The normalized spacial score (nSPS) is 27.8. The second-order valence-electron chi connectivity index (χ2n) is 5.72. The lowest BCUT2D eigenvalue weighted by Gasteiger charge is -2.38. The summed E-state index contributed by atoms with van der Waals surface area (Å²) in [5, 5.41) is -0.634. The molecule has 0 amide bonds. The maximum absolute atomic E-state index is 12.2. The number of nitrogens with two attached hydrogens (primary N) is 1. The predicted octanol–water partition coefficient (Wildman–Crippen LogP) is 0.870. The number of carbonyl (C=O) groups is 1. The summed E-state index contributed by atoms with van der Waals surface area (Å²) in [5.41, 5.74) is 5.87. The molecule has 0 spiro atoms. The third-order valence-corrected chi connectivity index (χ3v) is 5.55. The van der Waals surface area contributed by atoms with Crippen LogP contribution < -0.4 is 5.73 Å². The molecule has 106 valence electrons. The third-order valence-electron chi connectivity index (χ3n) is 3.47. The van der Waals surface area contributed by atoms with Gasteiger partial charge >= 0.3 is 5.97 Å². The summed E-state index contributed by atoms with van der Waals surface area (Å²) < 4.78 is 29.1. The van der Waals surface area contributed by atoms with Gasteiger partial charge in [-0.15, -0.1) is 0 Å². The standard InChI is InChI=1S/C12H23NO4S/c1-4-17-11(14)8-18(15,16)10-7-12(2,3)6-5-9(10)13/h9-10H,4-8,13H2,1-3H3. The summed E-state index contributed by atoms with van der Waals surface area (Å²) in [6, 6.07) is -0.377. The van der Waals surface area contributed by atoms with Crippen LogP contribution in [0.25, 0.3) is 0 Å². The van der Waals surface area contributed by atoms with E-state index in [2.05, 4.69) is 0 Å². The van der Waals surface area contributed by atoms with Crippen LogP contribution in [0.4, 0.5) is 0 Å². The van der Waals surface area contributed by atoms with Crippen molar-refractivity contribution in [2.75, 3.05) is 12.4 Å². The van der Waals surface area contributed by atoms with Crippen molar-refractivity contribution >= 4 is 15.8 Å². The van der Waals surface area contributed by atoms with E-state index in [4.69, 9.17) is 10.5 Å². The van der Waals surface area contributed by atoms with Gasteiger partial charge in [0.1, 0.15) is 5.75 Å². The molecule has 0 saturated heterocycles. The fraction of sp³-hybridized carbons (Fsp3) is 0.917. The fourth-order valence-electron chi connectivity index (χ4n) is 2.41. The smallest absolute Gasteiger partial charge is 0.321 e. The summed E-state index contributed by atoms with van der Waals surface area (Å²) in [5.74, 6) is -1.25. The Kier molecular flexibility index (Phi) is 4.78. The van der Waals surface area contributed by atoms with Crippen LogP contribution in [0.15, 0.2) is 0 Å². The molecular weight excluding hydrogens is 254 g/mol. The van der Waals surface area contributed by atoms with E-state index in [1.807, 2.05) is 13.8 Å². The topological polar surface area (TPSA) is 86.5 Å². The summed E-state index contributed by atoms with van der Waals surface area (Å²) in [6.45, 7) is 5.91. The Labute approximate surface area is 109 Å². The largest absolute Gasteiger partial charge is 0.465 e. The number of sulfone groups is 1. The second-order valence-corrected chi connectivity index (χ2v) is 7.94. The second kappa shape index (κ2) is 5.57. The molecule has 0 aromatic carbocycles. The first-order valence-corrected chi connectivity index (χ1v) is 8.02. The maximum Gasteiger partial charge on any atom is 0.321 e. The van der Waals surface area contributed by atoms with Crippen molar-refractivity contribution < 1.29 is 17.9 Å². The van der Waals surface area contributed by atoms with Crippen molar-refractivity contribution in [2.45, 2.75) is 51.3 Å². The van der Waals surface area contributed by atoms with Crippen molar-refractivity contribution in [1.29, 1.82) is 0 Å². The van der Waals surface area contributed by atoms with Crippen molar-refractivity contribution in [3.8, 4) is 0 Å². The molecule has 18 heavy (non-hydrogen) atoms. The number of rotatable bonds is 4. The van der Waals surface area contributed by atoms with Crippen molar-refractivity contribution in [2.24, 2.45) is 11.1 Å². The molecule has 1 aliphatic rings. The molecule has 0 aliphatic heterocycles. The van der Waals surface area contributed by atoms with E-state index in [0.29, 0.717) is 12.8 Å². The highest BCUT2D eigenvalue weighted by atomic mass is 32.2. The zero-order valence-electron chi connectivity index (χ0n) is 11.3. The minimum absolute atomic E-state index is 0.0394. The summed E-state index contributed by atoms with van der Waals surface area (Å²) in [4.78, 5) is 11.3. The van der Waals surface area contributed by atoms with Gasteiger partial charge in [-0.05, 0) is 31.6 Å². The van der Waals surface area contributed by atoms with Gasteiger partial charge in [-0.2, -0.15) is 0 Å². The Morgan fingerprint density at radius 1 is 1.44 bits per heavy atom. The lowest BCUT2D eigenvalue weighted by atomic mass is 9.75. The van der Waals surface area contributed by atoms with Crippen LogP contribution in [-0.4, -0.2) is 38.0 Å². The first kappa shape index (κ1) is 15.4. The van der Waals surface area contributed by atoms with Gasteiger partial charge in [0.15, 0.2) is 9.84 Å². The van der Waals surface area contributed by atoms with Gasteiger partial charge in [-0.1, -0.05) is 13.8 Å². The summed E-state index contributed by atoms with van der Waals surface area (Å²) >= 11 is 0. The highest BCUT2D eigenvalue weighted by molar-refractivity contribution is 7.92. The monoisotopic (exact) mass is 277 g/mol. The minimum atomic E-state index is -3.52. The van der Waals surface area contributed by atoms with E-state index in [-0.39, 0.29) is 18.1 Å². The molecule has 0 bridgehead atoms. The van der Waals surface area contributed by atoms with Crippen LogP contribution in [0.2, 0.25) is 0 Å². The number of hydrogen-bond donors (Lipinski definition) is 1. The molecule has 1 saturated carbocycles. The molecule has 0 aromatic rings. The van der Waals surface area contributed by atoms with Crippen LogP contribution in [0.3, 0.4) is 0 Å². The Hall–Kier alpha value is -0.620. The molecule has 1 rings (SSSR count). The number of ether oxygens (including phenoxy) is 1. The lowest BCUT2D eigenvalue weighted by molar-refractivity contribution is -0.139. The molecular formula is C12H23NO4S. The summed E-state index contributed by atoms with van der Waals surface area (Å²) in [6.07, 6.45) is 2.11. The van der Waals surface area contributed by atoms with E-state index in [0.717, 1.165) is 6.42 Å². The first-order valence-electron chi connectivity index (χ1n) is 6.31. The van der Waals surface area contributed by atoms with Crippen molar-refractivity contribution in [3.63, 3.8) is 0 Å². The molecule has 2 N–H and O–H groups in total. The molecule has 5 nitrogen and oxygen atoms in total. The van der Waals surface area contributed by atoms with Crippen LogP contribution in [-0.2, 0) is 19.4 Å². The molecule has 0 aromatic heterocycles. The van der Waals surface area contributed by atoms with E-state index < -0.39 is 26.8 Å². The van der Waals surface area contributed by atoms with Gasteiger partial charge in [-0.25, -0.2) is 8.42 Å². The van der Waals surface area contributed by atoms with E-state index in [9.17, 15) is 13.2 Å². The molecule has 0 radical (unpaired) electrons. The summed E-state index contributed by atoms with van der Waals surface area (Å²) in [7, 11) is -3.52. The van der Waals surface area contributed by atoms with Crippen LogP contribution in [0.5, 0.6) is 0 Å². The Balaban J connectivity index is 2.79. The molecule has 2 unspecified atom stereocenters. The average Bonchev–Trinajstić information content (AvgIpc) is 2.21. The Morgan fingerprint density at radius 3 is 2.61 bits per heavy atom. The van der Waals surface area contributed by atoms with E-state index >= 15 is 0 Å². The number of hydrogen-bond acceptors (Lipinski definition) is 5. The SMILES string of the molecule is CCOC(=O)CS(=O)(=O)C1CC(C)(C)CCC1N. The Bertz CT molecular complexity index is 402. The highest BCUT2D eigenvalue weighted by Gasteiger charge is 2.41. The predicted molar refractivity (Wildman–Crippen MR) is 69.8 cm³/mol. The first-order chi connectivity index (χ1) is 8.18. The van der Waals surface area contributed by atoms with E-state index in [1.54, 1.807) is 6.92 Å². The maximum atomic E-state index is 12.2. The Morgan fingerprint density at radius 2 is 2.06 bits per heavy atom. The number of carbonyl (C=O) groups excluding carboxylic acids is 1. The zero-order valence-corrected chi connectivity index (χ0v) is 12.1. The molecule has 6 heteroatoms. The van der Waals surface area contributed by atoms with Crippen molar-refractivity contribution in [1.82, 2.24) is 0 Å². The van der Waals surface area contributed by atoms with Gasteiger partial charge in [0.05, 0.1) is 11.9 Å². The van der Waals surface area contributed by atoms with E-state index in [1.165, 1.54) is 0 Å². The van der Waals surface area contributed by atoms with Crippen molar-refractivity contribution in [3.05, 3.63) is 0 Å². The lowest BCUT2D eigenvalue weighted by Crippen LogP contribution is -2.48. The number of esters is 1. The van der Waals surface area contributed by atoms with Crippen LogP contribution in [0, 0.1) is 5.41 Å². The fourth-order valence-corrected chi connectivity index (χ4v) is 4.41. The third kappa shape index (κ3) is 3.95. The zero-order chi connectivity index (χ0) is 14.0. The van der Waals surface area contributed by atoms with Crippen LogP contribution in [0.1, 0.15) is 40.0 Å². The molecule has 0 heterocycles. The molecule has 1 fully saturated rings. The van der Waals surface area contributed by atoms with Gasteiger partial charge in [0, 0.05) is 6.04 Å².